The number of nitrogens with one attached hydrogen (secondary N) is 3. The van der Waals surface area contributed by atoms with Crippen molar-refractivity contribution in [3.8, 4) is 0 Å². The topological polar surface area (TPSA) is 221 Å². The summed E-state index contributed by atoms with van der Waals surface area (Å²) in [6.07, 6.45) is 1.26. The SMILES string of the molecule is Nc1c(S(=O)(=O)O)cc(Nc2ccc(S(=O)(=O)O)c(NN3N=C(Cl)C=C(Cl)N3)c2)c2c1C(=O)c1ccccc1C2=O. The van der Waals surface area contributed by atoms with Crippen LogP contribution < -0.4 is 21.9 Å². The molecule has 0 saturated carbocycles. The Bertz CT molecular complexity index is 1960. The Balaban J connectivity index is 1.66. The average Bonchev–Trinajstić information content (AvgIpc) is 2.86. The average molecular weight is 639 g/mol. The third kappa shape index (κ3) is 5.31. The largest absolute Gasteiger partial charge is 0.397 e. The summed E-state index contributed by atoms with van der Waals surface area (Å²) in [5.74, 6) is -1.41. The lowest BCUT2D eigenvalue weighted by Crippen LogP contribution is -2.39. The number of ketones is 2. The first-order valence-corrected chi connectivity index (χ1v) is 14.7. The van der Waals surface area contributed by atoms with E-state index < -0.39 is 52.8 Å². The van der Waals surface area contributed by atoms with Gasteiger partial charge in [-0.05, 0) is 24.3 Å². The Labute approximate surface area is 241 Å². The first-order valence-electron chi connectivity index (χ1n) is 11.1. The van der Waals surface area contributed by atoms with Crippen molar-refractivity contribution in [3.63, 3.8) is 0 Å². The Hall–Kier alpha value is -4.19. The molecule has 0 atom stereocenters. The second kappa shape index (κ2) is 10.0. The monoisotopic (exact) mass is 638 g/mol. The van der Waals surface area contributed by atoms with Gasteiger partial charge in [0.1, 0.15) is 14.9 Å². The van der Waals surface area contributed by atoms with Crippen LogP contribution in [0, 0.1) is 0 Å². The lowest BCUT2D eigenvalue weighted by Gasteiger charge is -2.26. The molecule has 14 nitrogen and oxygen atoms in total. The normalized spacial score (nSPS) is 14.9. The van der Waals surface area contributed by atoms with Crippen molar-refractivity contribution >= 4 is 82.9 Å². The number of carbonyl (C=O) groups excluding carboxylic acids is 2. The third-order valence-corrected chi connectivity index (χ3v) is 8.08. The van der Waals surface area contributed by atoms with Gasteiger partial charge >= 0.3 is 0 Å². The number of nitrogens with zero attached hydrogens (tertiary/aromatic N) is 2. The highest BCUT2D eigenvalue weighted by molar-refractivity contribution is 7.86. The predicted molar refractivity (Wildman–Crippen MR) is 149 cm³/mol. The second-order valence-corrected chi connectivity index (χ2v) is 12.1. The van der Waals surface area contributed by atoms with E-state index in [1.54, 1.807) is 0 Å². The van der Waals surface area contributed by atoms with Crippen LogP contribution in [0.5, 0.6) is 0 Å². The molecule has 0 radical (unpaired) electrons. The summed E-state index contributed by atoms with van der Waals surface area (Å²) >= 11 is 11.8. The van der Waals surface area contributed by atoms with E-state index in [1.807, 2.05) is 0 Å². The van der Waals surface area contributed by atoms with Gasteiger partial charge in [-0.25, -0.2) is 0 Å². The number of hydrazine groups is 2. The van der Waals surface area contributed by atoms with Crippen LogP contribution in [0.15, 0.2) is 74.7 Å². The minimum Gasteiger partial charge on any atom is -0.397 e. The highest BCUT2D eigenvalue weighted by atomic mass is 35.5. The van der Waals surface area contributed by atoms with Gasteiger partial charge in [0.25, 0.3) is 20.2 Å². The number of hydrogen-bond acceptors (Lipinski definition) is 12. The van der Waals surface area contributed by atoms with Crippen molar-refractivity contribution < 1.29 is 35.5 Å². The lowest BCUT2D eigenvalue weighted by molar-refractivity contribution is 0.0980. The molecule has 0 saturated heterocycles. The molecular formula is C23H16Cl2N6O8S2. The number of hydrogen-bond donors (Lipinski definition) is 6. The van der Waals surface area contributed by atoms with E-state index in [9.17, 15) is 35.5 Å². The zero-order chi connectivity index (χ0) is 29.9. The van der Waals surface area contributed by atoms with Crippen LogP contribution in [-0.2, 0) is 20.2 Å². The number of carbonyl (C=O) groups is 2. The van der Waals surface area contributed by atoms with Gasteiger partial charge in [-0.15, -0.1) is 10.3 Å². The van der Waals surface area contributed by atoms with Gasteiger partial charge < -0.3 is 11.1 Å². The molecule has 0 amide bonds. The van der Waals surface area contributed by atoms with Crippen LogP contribution in [0.2, 0.25) is 0 Å². The summed E-state index contributed by atoms with van der Waals surface area (Å²) in [7, 11) is -9.78. The summed E-state index contributed by atoms with van der Waals surface area (Å²) < 4.78 is 68.0. The maximum atomic E-state index is 13.5. The molecule has 5 rings (SSSR count). The highest BCUT2D eigenvalue weighted by Gasteiger charge is 2.36. The second-order valence-electron chi connectivity index (χ2n) is 8.53. The van der Waals surface area contributed by atoms with E-state index in [1.165, 1.54) is 36.4 Å². The van der Waals surface area contributed by atoms with Crippen LogP contribution in [-0.4, -0.2) is 47.9 Å². The molecule has 0 spiro atoms. The molecule has 1 aliphatic carbocycles. The number of hydrazone groups is 1. The summed E-state index contributed by atoms with van der Waals surface area (Å²) in [5.41, 5.74) is 9.23. The molecule has 0 bridgehead atoms. The Morgan fingerprint density at radius 2 is 1.46 bits per heavy atom. The van der Waals surface area contributed by atoms with Crippen LogP contribution >= 0.6 is 23.2 Å². The van der Waals surface area contributed by atoms with Gasteiger partial charge in [0.2, 0.25) is 0 Å². The number of halogens is 2. The number of nitrogen functional groups attached to an aromatic ring is 1. The minimum atomic E-state index is -4.98. The number of fused-ring (bicyclic) bond motifs is 2. The summed E-state index contributed by atoms with van der Waals surface area (Å²) in [5, 5.41) is 7.39. The first kappa shape index (κ1) is 28.3. The zero-order valence-electron chi connectivity index (χ0n) is 20.1. The minimum absolute atomic E-state index is 0.00916. The van der Waals surface area contributed by atoms with Gasteiger partial charge in [0, 0.05) is 22.9 Å². The van der Waals surface area contributed by atoms with Crippen molar-refractivity contribution in [1.82, 2.24) is 10.7 Å². The standard InChI is InChI=1S/C23H16Cl2N6O8S2/c24-17-9-18(25)30-31(29-17)28-13-7-10(5-6-15(13)40(34,35)36)27-14-8-16(41(37,38)39)21(26)20-19(14)22(32)11-3-1-2-4-12(11)23(20)33/h1-9,27-29H,26H2,(H,34,35,36)(H,37,38,39). The van der Waals surface area contributed by atoms with Gasteiger partial charge in [-0.1, -0.05) is 47.5 Å². The summed E-state index contributed by atoms with van der Waals surface area (Å²) in [4.78, 5) is 25.4. The molecule has 212 valence electrons. The predicted octanol–water partition coefficient (Wildman–Crippen LogP) is 3.06. The van der Waals surface area contributed by atoms with Crippen molar-refractivity contribution in [2.45, 2.75) is 9.79 Å². The molecule has 1 aliphatic heterocycles. The van der Waals surface area contributed by atoms with Crippen LogP contribution in [0.4, 0.5) is 22.7 Å². The van der Waals surface area contributed by atoms with E-state index >= 15 is 0 Å². The van der Waals surface area contributed by atoms with E-state index in [0.29, 0.717) is 0 Å². The van der Waals surface area contributed by atoms with E-state index in [-0.39, 0.29) is 44.1 Å². The third-order valence-electron chi connectivity index (χ3n) is 5.89. The molecule has 0 unspecified atom stereocenters. The molecule has 41 heavy (non-hydrogen) atoms. The Morgan fingerprint density at radius 1 is 0.854 bits per heavy atom. The molecule has 2 aliphatic rings. The van der Waals surface area contributed by atoms with Crippen LogP contribution in [0.3, 0.4) is 0 Å². The van der Waals surface area contributed by atoms with E-state index in [4.69, 9.17) is 28.9 Å². The number of rotatable bonds is 6. The first-order chi connectivity index (χ1) is 19.1. The fourth-order valence-corrected chi connectivity index (χ4v) is 5.93. The van der Waals surface area contributed by atoms with Crippen LogP contribution in [0.25, 0.3) is 0 Å². The number of benzene rings is 3. The van der Waals surface area contributed by atoms with Gasteiger partial charge in [-0.2, -0.15) is 16.8 Å². The summed E-state index contributed by atoms with van der Waals surface area (Å²) in [6, 6.07) is 10.0. The molecule has 0 fully saturated rings. The number of allylic oxidation sites excluding steroid dienone is 1. The Kier molecular flexibility index (Phi) is 6.93. The smallest absolute Gasteiger partial charge is 0.296 e. The molecule has 18 heteroatoms. The highest BCUT2D eigenvalue weighted by Crippen LogP contribution is 2.40. The van der Waals surface area contributed by atoms with Gasteiger partial charge in [0.15, 0.2) is 16.7 Å². The molecule has 1 heterocycles. The van der Waals surface area contributed by atoms with Gasteiger partial charge in [-0.3, -0.25) is 29.5 Å². The van der Waals surface area contributed by atoms with Gasteiger partial charge in [0.05, 0.1) is 28.2 Å². The number of nitrogens with two attached hydrogens (primary N) is 1. The molecule has 0 aromatic heterocycles. The Morgan fingerprint density at radius 3 is 2.05 bits per heavy atom. The molecule has 3 aromatic carbocycles. The van der Waals surface area contributed by atoms with Crippen molar-refractivity contribution in [1.29, 1.82) is 0 Å². The fourth-order valence-electron chi connectivity index (χ4n) is 4.24. The molecular weight excluding hydrogens is 623 g/mol. The molecule has 3 aromatic rings. The van der Waals surface area contributed by atoms with Crippen molar-refractivity contribution in [2.75, 3.05) is 16.5 Å². The number of anilines is 4. The van der Waals surface area contributed by atoms with E-state index in [0.717, 1.165) is 23.4 Å². The van der Waals surface area contributed by atoms with Crippen LogP contribution in [0.1, 0.15) is 31.8 Å². The van der Waals surface area contributed by atoms with E-state index in [2.05, 4.69) is 21.3 Å². The molecule has 7 N–H and O–H groups in total. The van der Waals surface area contributed by atoms with Crippen molar-refractivity contribution in [3.05, 3.63) is 82.0 Å². The van der Waals surface area contributed by atoms with Crippen molar-refractivity contribution in [2.24, 2.45) is 5.10 Å². The maximum Gasteiger partial charge on any atom is 0.296 e. The zero-order valence-corrected chi connectivity index (χ0v) is 23.2. The quantitative estimate of drug-likeness (QED) is 0.102. The fraction of sp³-hybridized carbons (Fsp3) is 0. The summed E-state index contributed by atoms with van der Waals surface area (Å²) in [6.45, 7) is 0. The maximum absolute atomic E-state index is 13.5. The lowest BCUT2D eigenvalue weighted by atomic mass is 9.82.